The summed E-state index contributed by atoms with van der Waals surface area (Å²) in [5.74, 6) is -0.713. The van der Waals surface area contributed by atoms with Crippen LogP contribution in [0.3, 0.4) is 0 Å². The lowest BCUT2D eigenvalue weighted by Crippen LogP contribution is -2.40. The molecule has 8 nitrogen and oxygen atoms in total. The molecule has 2 heterocycles. The van der Waals surface area contributed by atoms with Crippen LogP contribution in [-0.2, 0) is 9.59 Å². The Bertz CT molecular complexity index is 654. The van der Waals surface area contributed by atoms with Crippen molar-refractivity contribution in [3.05, 3.63) is 30.1 Å². The zero-order valence-electron chi connectivity index (χ0n) is 13.3. The predicted octanol–water partition coefficient (Wildman–Crippen LogP) is 0.642. The van der Waals surface area contributed by atoms with Crippen LogP contribution in [0.15, 0.2) is 29.6 Å². The van der Waals surface area contributed by atoms with Gasteiger partial charge in [-0.3, -0.25) is 19.5 Å². The number of urea groups is 1. The van der Waals surface area contributed by atoms with Crippen LogP contribution in [-0.4, -0.2) is 45.5 Å². The lowest BCUT2D eigenvalue weighted by atomic mass is 10.1. The molecule has 2 rings (SSSR count). The number of hydrazone groups is 1. The minimum Gasteiger partial charge on any atom is -0.324 e. The Morgan fingerprint density at radius 1 is 1.35 bits per heavy atom. The number of nitrogens with one attached hydrogen (secondary N) is 2. The van der Waals surface area contributed by atoms with E-state index in [0.717, 1.165) is 10.5 Å². The molecule has 1 aliphatic rings. The smallest absolute Gasteiger partial charge is 0.324 e. The van der Waals surface area contributed by atoms with Crippen LogP contribution in [0.25, 0.3) is 0 Å². The Hall–Kier alpha value is -2.77. The Morgan fingerprint density at radius 3 is 2.57 bits per heavy atom. The largest absolute Gasteiger partial charge is 0.325 e. The third kappa shape index (κ3) is 3.91. The normalized spacial score (nSPS) is 17.2. The highest BCUT2D eigenvalue weighted by Crippen LogP contribution is 2.16. The van der Waals surface area contributed by atoms with E-state index in [2.05, 4.69) is 20.8 Å². The van der Waals surface area contributed by atoms with Crippen molar-refractivity contribution in [3.63, 3.8) is 0 Å². The molecule has 122 valence electrons. The second-order valence-electron chi connectivity index (χ2n) is 5.73. The number of aromatic nitrogens is 1. The van der Waals surface area contributed by atoms with E-state index in [-0.39, 0.29) is 24.8 Å². The van der Waals surface area contributed by atoms with Crippen molar-refractivity contribution in [2.24, 2.45) is 5.10 Å². The van der Waals surface area contributed by atoms with Crippen LogP contribution in [0.1, 0.15) is 32.8 Å². The van der Waals surface area contributed by atoms with Gasteiger partial charge in [0, 0.05) is 30.9 Å². The maximum absolute atomic E-state index is 12.0. The van der Waals surface area contributed by atoms with Gasteiger partial charge in [-0.05, 0) is 32.9 Å². The topological polar surface area (TPSA) is 104 Å². The highest BCUT2D eigenvalue weighted by molar-refractivity contribution is 6.06. The van der Waals surface area contributed by atoms with Gasteiger partial charge in [0.05, 0.1) is 5.71 Å². The molecule has 0 radical (unpaired) electrons. The molecule has 0 unspecified atom stereocenters. The first kappa shape index (κ1) is 16.6. The monoisotopic (exact) mass is 317 g/mol. The lowest BCUT2D eigenvalue weighted by Gasteiger charge is -2.15. The Balaban J connectivity index is 1.87. The molecule has 1 aromatic rings. The molecule has 1 fully saturated rings. The average Bonchev–Trinajstić information content (AvgIpc) is 2.72. The van der Waals surface area contributed by atoms with E-state index in [1.165, 1.54) is 0 Å². The standard InChI is InChI=1S/C15H19N5O3/c1-10(11-4-7-16-8-5-11)18-19-12(21)6-9-20-13(22)15(2,3)17-14(20)23/h4-5,7-8H,6,9H2,1-3H3,(H,17,23)(H,19,21)/b18-10-. The van der Waals surface area contributed by atoms with Crippen molar-refractivity contribution in [2.45, 2.75) is 32.7 Å². The molecule has 4 amide bonds. The third-order valence-electron chi connectivity index (χ3n) is 3.45. The molecule has 0 bridgehead atoms. The first-order chi connectivity index (χ1) is 10.8. The van der Waals surface area contributed by atoms with E-state index in [4.69, 9.17) is 0 Å². The van der Waals surface area contributed by atoms with Gasteiger partial charge >= 0.3 is 6.03 Å². The minimum atomic E-state index is -0.927. The molecule has 0 saturated carbocycles. The Labute approximate surface area is 134 Å². The number of carbonyl (C=O) groups excluding carboxylic acids is 3. The van der Waals surface area contributed by atoms with Crippen molar-refractivity contribution in [1.82, 2.24) is 20.6 Å². The molecule has 1 saturated heterocycles. The maximum atomic E-state index is 12.0. The summed E-state index contributed by atoms with van der Waals surface area (Å²) in [5.41, 5.74) is 2.97. The number of carbonyl (C=O) groups is 3. The molecule has 8 heteroatoms. The summed E-state index contributed by atoms with van der Waals surface area (Å²) >= 11 is 0. The summed E-state index contributed by atoms with van der Waals surface area (Å²) in [6.07, 6.45) is 3.26. The SMILES string of the molecule is C/C(=N/NC(=O)CCN1C(=O)NC(C)(C)C1=O)c1ccncc1. The molecule has 2 N–H and O–H groups in total. The number of pyridine rings is 1. The molecule has 0 atom stereocenters. The molecule has 0 aliphatic carbocycles. The summed E-state index contributed by atoms with van der Waals surface area (Å²) in [7, 11) is 0. The third-order valence-corrected chi connectivity index (χ3v) is 3.45. The summed E-state index contributed by atoms with van der Waals surface area (Å²) in [5, 5.41) is 6.55. The lowest BCUT2D eigenvalue weighted by molar-refractivity contribution is -0.130. The molecule has 1 aromatic heterocycles. The van der Waals surface area contributed by atoms with Crippen LogP contribution in [0.2, 0.25) is 0 Å². The van der Waals surface area contributed by atoms with E-state index >= 15 is 0 Å². The molecule has 0 spiro atoms. The second kappa shape index (κ2) is 6.55. The summed E-state index contributed by atoms with van der Waals surface area (Å²) in [6.45, 7) is 5.02. The van der Waals surface area contributed by atoms with Crippen molar-refractivity contribution in [2.75, 3.05) is 6.54 Å². The van der Waals surface area contributed by atoms with Gasteiger partial charge < -0.3 is 5.32 Å². The van der Waals surface area contributed by atoms with Gasteiger partial charge in [0.15, 0.2) is 0 Å². The zero-order valence-corrected chi connectivity index (χ0v) is 13.3. The molecular weight excluding hydrogens is 298 g/mol. The van der Waals surface area contributed by atoms with Gasteiger partial charge in [-0.25, -0.2) is 10.2 Å². The van der Waals surface area contributed by atoms with E-state index in [1.807, 2.05) is 0 Å². The second-order valence-corrected chi connectivity index (χ2v) is 5.73. The number of hydrogen-bond donors (Lipinski definition) is 2. The van der Waals surface area contributed by atoms with Crippen molar-refractivity contribution < 1.29 is 14.4 Å². The fraction of sp³-hybridized carbons (Fsp3) is 0.400. The van der Waals surface area contributed by atoms with Crippen LogP contribution in [0, 0.1) is 0 Å². The van der Waals surface area contributed by atoms with Gasteiger partial charge in [0.2, 0.25) is 5.91 Å². The van der Waals surface area contributed by atoms with Gasteiger partial charge in [-0.15, -0.1) is 0 Å². The van der Waals surface area contributed by atoms with E-state index < -0.39 is 11.6 Å². The average molecular weight is 317 g/mol. The van der Waals surface area contributed by atoms with Gasteiger partial charge in [0.1, 0.15) is 5.54 Å². The number of amides is 4. The molecule has 1 aliphatic heterocycles. The van der Waals surface area contributed by atoms with E-state index in [1.54, 1.807) is 45.3 Å². The van der Waals surface area contributed by atoms with Crippen molar-refractivity contribution in [3.8, 4) is 0 Å². The first-order valence-corrected chi connectivity index (χ1v) is 7.19. The first-order valence-electron chi connectivity index (χ1n) is 7.19. The Morgan fingerprint density at radius 2 is 2.00 bits per heavy atom. The fourth-order valence-electron chi connectivity index (χ4n) is 2.09. The minimum absolute atomic E-state index is 0.0115. The van der Waals surface area contributed by atoms with E-state index in [0.29, 0.717) is 5.71 Å². The summed E-state index contributed by atoms with van der Waals surface area (Å²) in [6, 6.07) is 3.07. The van der Waals surface area contributed by atoms with Crippen LogP contribution in [0.4, 0.5) is 4.79 Å². The molecule has 0 aromatic carbocycles. The summed E-state index contributed by atoms with van der Waals surface area (Å²) in [4.78, 5) is 40.4. The van der Waals surface area contributed by atoms with Crippen LogP contribution in [0.5, 0.6) is 0 Å². The summed E-state index contributed by atoms with van der Waals surface area (Å²) < 4.78 is 0. The number of hydrogen-bond acceptors (Lipinski definition) is 5. The predicted molar refractivity (Wildman–Crippen MR) is 83.5 cm³/mol. The van der Waals surface area contributed by atoms with Crippen molar-refractivity contribution >= 4 is 23.6 Å². The van der Waals surface area contributed by atoms with Crippen LogP contribution < -0.4 is 10.7 Å². The number of rotatable bonds is 5. The quantitative estimate of drug-likeness (QED) is 0.472. The maximum Gasteiger partial charge on any atom is 0.325 e. The fourth-order valence-corrected chi connectivity index (χ4v) is 2.09. The van der Waals surface area contributed by atoms with Gasteiger partial charge in [-0.2, -0.15) is 5.10 Å². The van der Waals surface area contributed by atoms with Crippen LogP contribution >= 0.6 is 0 Å². The van der Waals surface area contributed by atoms with Gasteiger partial charge in [0.25, 0.3) is 5.91 Å². The molecular formula is C15H19N5O3. The van der Waals surface area contributed by atoms with E-state index in [9.17, 15) is 14.4 Å². The number of nitrogens with zero attached hydrogens (tertiary/aromatic N) is 3. The molecule has 23 heavy (non-hydrogen) atoms. The van der Waals surface area contributed by atoms with Gasteiger partial charge in [-0.1, -0.05) is 0 Å². The highest BCUT2D eigenvalue weighted by atomic mass is 16.2. The Kier molecular flexibility index (Phi) is 4.73. The highest BCUT2D eigenvalue weighted by Gasteiger charge is 2.43. The zero-order chi connectivity index (χ0) is 17.0. The number of imide groups is 1. The van der Waals surface area contributed by atoms with Crippen molar-refractivity contribution in [1.29, 1.82) is 0 Å².